The Labute approximate surface area is 163 Å². The molecule has 0 spiro atoms. The summed E-state index contributed by atoms with van der Waals surface area (Å²) in [6, 6.07) is 16.1. The van der Waals surface area contributed by atoms with Crippen LogP contribution in [0.2, 0.25) is 0 Å². The van der Waals surface area contributed by atoms with Crippen LogP contribution in [-0.2, 0) is 19.4 Å². The summed E-state index contributed by atoms with van der Waals surface area (Å²) >= 11 is 0. The van der Waals surface area contributed by atoms with E-state index in [2.05, 4.69) is 22.4 Å². The predicted molar refractivity (Wildman–Crippen MR) is 109 cm³/mol. The molecule has 6 heteroatoms. The first-order valence-electron chi connectivity index (χ1n) is 9.34. The number of nitrogens with one attached hydrogen (secondary N) is 1. The van der Waals surface area contributed by atoms with Gasteiger partial charge in [-0.25, -0.2) is 4.79 Å². The SMILES string of the molecule is COc1cc2c(cc1OC)-c1cc(NCCc3ccccc3)nc(=O)n1CC2. The van der Waals surface area contributed by atoms with Crippen LogP contribution in [0.4, 0.5) is 5.82 Å². The third-order valence-corrected chi connectivity index (χ3v) is 5.06. The number of aryl methyl sites for hydroxylation is 1. The van der Waals surface area contributed by atoms with Crippen molar-refractivity contribution < 1.29 is 9.47 Å². The average Bonchev–Trinajstić information content (AvgIpc) is 2.73. The third-order valence-electron chi connectivity index (χ3n) is 5.06. The molecule has 0 amide bonds. The molecule has 1 aliphatic heterocycles. The van der Waals surface area contributed by atoms with Gasteiger partial charge in [-0.15, -0.1) is 0 Å². The van der Waals surface area contributed by atoms with E-state index in [1.54, 1.807) is 18.8 Å². The van der Waals surface area contributed by atoms with Gasteiger partial charge in [-0.3, -0.25) is 4.57 Å². The number of rotatable bonds is 6. The van der Waals surface area contributed by atoms with E-state index in [4.69, 9.17) is 9.47 Å². The summed E-state index contributed by atoms with van der Waals surface area (Å²) < 4.78 is 12.6. The first-order chi connectivity index (χ1) is 13.7. The number of aromatic nitrogens is 2. The van der Waals surface area contributed by atoms with Gasteiger partial charge in [0.1, 0.15) is 5.82 Å². The largest absolute Gasteiger partial charge is 0.493 e. The van der Waals surface area contributed by atoms with Gasteiger partial charge in [0.2, 0.25) is 0 Å². The van der Waals surface area contributed by atoms with Gasteiger partial charge in [0, 0.05) is 24.7 Å². The summed E-state index contributed by atoms with van der Waals surface area (Å²) in [6.45, 7) is 1.31. The monoisotopic (exact) mass is 377 g/mol. The number of methoxy groups -OCH3 is 2. The fourth-order valence-electron chi connectivity index (χ4n) is 3.61. The quantitative estimate of drug-likeness (QED) is 0.715. The second-order valence-corrected chi connectivity index (χ2v) is 6.74. The van der Waals surface area contributed by atoms with Crippen molar-refractivity contribution in [1.29, 1.82) is 0 Å². The number of benzene rings is 2. The van der Waals surface area contributed by atoms with Gasteiger partial charge in [-0.2, -0.15) is 4.98 Å². The standard InChI is InChI=1S/C22H23N3O3/c1-27-19-12-16-9-11-25-18(17(16)13-20(19)28-2)14-21(24-22(25)26)23-10-8-15-6-4-3-5-7-15/h3-7,12-14H,8-11H2,1-2H3,(H,23,24,26). The number of hydrogen-bond acceptors (Lipinski definition) is 5. The van der Waals surface area contributed by atoms with Crippen LogP contribution in [0.25, 0.3) is 11.3 Å². The van der Waals surface area contributed by atoms with Crippen LogP contribution in [0.15, 0.2) is 53.3 Å². The van der Waals surface area contributed by atoms with Gasteiger partial charge in [-0.1, -0.05) is 30.3 Å². The molecule has 1 aromatic heterocycles. The minimum Gasteiger partial charge on any atom is -0.493 e. The van der Waals surface area contributed by atoms with E-state index < -0.39 is 0 Å². The Hall–Kier alpha value is -3.28. The topological polar surface area (TPSA) is 65.4 Å². The molecule has 1 aliphatic rings. The van der Waals surface area contributed by atoms with Crippen molar-refractivity contribution in [3.8, 4) is 22.8 Å². The van der Waals surface area contributed by atoms with Crippen LogP contribution < -0.4 is 20.5 Å². The Morgan fingerprint density at radius 3 is 2.57 bits per heavy atom. The fourth-order valence-corrected chi connectivity index (χ4v) is 3.61. The second kappa shape index (κ2) is 7.76. The van der Waals surface area contributed by atoms with E-state index in [1.807, 2.05) is 36.4 Å². The van der Waals surface area contributed by atoms with Gasteiger partial charge in [0.15, 0.2) is 11.5 Å². The molecule has 0 saturated heterocycles. The smallest absolute Gasteiger partial charge is 0.349 e. The maximum Gasteiger partial charge on any atom is 0.349 e. The Bertz CT molecular complexity index is 1040. The molecule has 0 atom stereocenters. The Morgan fingerprint density at radius 1 is 1.07 bits per heavy atom. The van der Waals surface area contributed by atoms with Crippen molar-refractivity contribution in [1.82, 2.24) is 9.55 Å². The number of ether oxygens (including phenoxy) is 2. The Morgan fingerprint density at radius 2 is 1.82 bits per heavy atom. The summed E-state index contributed by atoms with van der Waals surface area (Å²) in [5, 5.41) is 3.29. The van der Waals surface area contributed by atoms with Crippen molar-refractivity contribution in [2.45, 2.75) is 19.4 Å². The molecular weight excluding hydrogens is 354 g/mol. The van der Waals surface area contributed by atoms with Gasteiger partial charge in [-0.05, 0) is 36.1 Å². The highest BCUT2D eigenvalue weighted by atomic mass is 16.5. The molecule has 6 nitrogen and oxygen atoms in total. The van der Waals surface area contributed by atoms with E-state index in [-0.39, 0.29) is 5.69 Å². The van der Waals surface area contributed by atoms with Crippen molar-refractivity contribution >= 4 is 5.82 Å². The normalized spacial score (nSPS) is 12.1. The molecule has 3 aromatic rings. The van der Waals surface area contributed by atoms with Crippen molar-refractivity contribution in [3.05, 3.63) is 70.1 Å². The van der Waals surface area contributed by atoms with Crippen LogP contribution in [0.5, 0.6) is 11.5 Å². The van der Waals surface area contributed by atoms with Crippen molar-refractivity contribution in [3.63, 3.8) is 0 Å². The summed E-state index contributed by atoms with van der Waals surface area (Å²) in [6.07, 6.45) is 1.62. The van der Waals surface area contributed by atoms with Crippen molar-refractivity contribution in [2.24, 2.45) is 0 Å². The molecule has 2 aromatic carbocycles. The molecule has 28 heavy (non-hydrogen) atoms. The van der Waals surface area contributed by atoms with Crippen LogP contribution in [-0.4, -0.2) is 30.3 Å². The molecule has 4 rings (SSSR count). The molecule has 0 saturated carbocycles. The van der Waals surface area contributed by atoms with E-state index in [0.29, 0.717) is 30.4 Å². The molecular formula is C22H23N3O3. The maximum atomic E-state index is 12.6. The van der Waals surface area contributed by atoms with Crippen LogP contribution in [0, 0.1) is 0 Å². The Balaban J connectivity index is 1.64. The number of nitrogens with zero attached hydrogens (tertiary/aromatic N) is 2. The van der Waals surface area contributed by atoms with E-state index in [9.17, 15) is 4.79 Å². The third kappa shape index (κ3) is 3.45. The zero-order valence-electron chi connectivity index (χ0n) is 16.1. The molecule has 0 unspecified atom stereocenters. The predicted octanol–water partition coefficient (Wildman–Crippen LogP) is 3.14. The molecule has 2 heterocycles. The number of fused-ring (bicyclic) bond motifs is 3. The van der Waals surface area contributed by atoms with E-state index in [1.165, 1.54) is 5.56 Å². The minimum atomic E-state index is -0.236. The van der Waals surface area contributed by atoms with E-state index in [0.717, 1.165) is 29.7 Å². The lowest BCUT2D eigenvalue weighted by atomic mass is 9.97. The molecule has 0 bridgehead atoms. The number of anilines is 1. The molecule has 0 radical (unpaired) electrons. The van der Waals surface area contributed by atoms with Gasteiger partial charge in [0.05, 0.1) is 19.9 Å². The van der Waals surface area contributed by atoms with Gasteiger partial charge in [0.25, 0.3) is 0 Å². The van der Waals surface area contributed by atoms with Gasteiger partial charge >= 0.3 is 5.69 Å². The molecule has 0 fully saturated rings. The lowest BCUT2D eigenvalue weighted by Gasteiger charge is -2.23. The Kier molecular flexibility index (Phi) is 5.02. The fraction of sp³-hybridized carbons (Fsp3) is 0.273. The van der Waals surface area contributed by atoms with Crippen LogP contribution in [0.1, 0.15) is 11.1 Å². The molecule has 1 N–H and O–H groups in total. The van der Waals surface area contributed by atoms with Crippen molar-refractivity contribution in [2.75, 3.05) is 26.1 Å². The summed E-state index contributed by atoms with van der Waals surface area (Å²) in [4.78, 5) is 16.8. The first-order valence-corrected chi connectivity index (χ1v) is 9.34. The van der Waals surface area contributed by atoms with Crippen LogP contribution >= 0.6 is 0 Å². The highest BCUT2D eigenvalue weighted by Gasteiger charge is 2.21. The lowest BCUT2D eigenvalue weighted by molar-refractivity contribution is 0.354. The first kappa shape index (κ1) is 18.1. The van der Waals surface area contributed by atoms with Crippen LogP contribution in [0.3, 0.4) is 0 Å². The number of hydrogen-bond donors (Lipinski definition) is 1. The lowest BCUT2D eigenvalue weighted by Crippen LogP contribution is -2.29. The second-order valence-electron chi connectivity index (χ2n) is 6.74. The zero-order valence-corrected chi connectivity index (χ0v) is 16.1. The van der Waals surface area contributed by atoms with E-state index >= 15 is 0 Å². The van der Waals surface area contributed by atoms with Gasteiger partial charge < -0.3 is 14.8 Å². The highest BCUT2D eigenvalue weighted by molar-refractivity contribution is 5.71. The maximum absolute atomic E-state index is 12.6. The minimum absolute atomic E-state index is 0.236. The molecule has 144 valence electrons. The average molecular weight is 377 g/mol. The zero-order chi connectivity index (χ0) is 19.5. The summed E-state index contributed by atoms with van der Waals surface area (Å²) in [7, 11) is 3.24. The summed E-state index contributed by atoms with van der Waals surface area (Å²) in [5.74, 6) is 1.94. The highest BCUT2D eigenvalue weighted by Crippen LogP contribution is 2.38. The summed E-state index contributed by atoms with van der Waals surface area (Å²) in [5.41, 5.74) is 3.98. The molecule has 0 aliphatic carbocycles.